The van der Waals surface area contributed by atoms with Crippen molar-refractivity contribution in [2.45, 2.75) is 31.9 Å². The van der Waals surface area contributed by atoms with E-state index in [1.807, 2.05) is 0 Å². The predicted molar refractivity (Wildman–Crippen MR) is 85.7 cm³/mol. The number of rotatable bonds is 6. The van der Waals surface area contributed by atoms with Gasteiger partial charge in [-0.05, 0) is 37.5 Å². The minimum absolute atomic E-state index is 0. The molecule has 0 saturated carbocycles. The normalized spacial score (nSPS) is 12.5. The van der Waals surface area contributed by atoms with E-state index in [1.54, 1.807) is 6.92 Å². The molecule has 1 N–H and O–H groups in total. The molecule has 8 heteroatoms. The fourth-order valence-electron chi connectivity index (χ4n) is 2.04. The van der Waals surface area contributed by atoms with Crippen molar-refractivity contribution >= 4 is 41.5 Å². The molecule has 0 aliphatic heterocycles. The second-order valence-corrected chi connectivity index (χ2v) is 5.22. The number of ether oxygens (including phenoxy) is 1. The van der Waals surface area contributed by atoms with Crippen molar-refractivity contribution < 1.29 is 17.9 Å². The largest absolute Gasteiger partial charge is 0.481 e. The lowest BCUT2D eigenvalue weighted by molar-refractivity contribution is -0.138. The van der Waals surface area contributed by atoms with Crippen molar-refractivity contribution in [3.8, 4) is 0 Å². The zero-order chi connectivity index (χ0) is 16.0. The molecule has 0 radical (unpaired) electrons. The third-order valence-corrected chi connectivity index (χ3v) is 3.44. The summed E-state index contributed by atoms with van der Waals surface area (Å²) in [7, 11) is 0. The highest BCUT2D eigenvalue weighted by atomic mass is 35.5. The first-order valence-electron chi connectivity index (χ1n) is 6.45. The summed E-state index contributed by atoms with van der Waals surface area (Å²) in [6, 6.07) is 3.57. The number of hydrogen-bond acceptors (Lipinski definition) is 2. The molecule has 0 bridgehead atoms. The Kier molecular flexibility index (Phi) is 9.20. The Morgan fingerprint density at radius 2 is 2.00 bits per heavy atom. The Labute approximate surface area is 143 Å². The molecular formula is C14H17Cl3F3NO. The Bertz CT molecular complexity index is 495. The van der Waals surface area contributed by atoms with Gasteiger partial charge in [0.25, 0.3) is 0 Å². The number of benzene rings is 1. The van der Waals surface area contributed by atoms with Gasteiger partial charge in [-0.25, -0.2) is 0 Å². The molecule has 0 heterocycles. The van der Waals surface area contributed by atoms with Crippen LogP contribution >= 0.6 is 35.6 Å². The van der Waals surface area contributed by atoms with Crippen molar-refractivity contribution in [1.82, 2.24) is 0 Å². The van der Waals surface area contributed by atoms with Crippen molar-refractivity contribution in [2.24, 2.45) is 0 Å². The molecule has 1 aromatic rings. The summed E-state index contributed by atoms with van der Waals surface area (Å²) in [6.45, 7) is 1.91. The Balaban J connectivity index is 0.00000441. The van der Waals surface area contributed by atoms with E-state index in [0.29, 0.717) is 18.7 Å². The van der Waals surface area contributed by atoms with E-state index >= 15 is 0 Å². The van der Waals surface area contributed by atoms with Gasteiger partial charge in [-0.3, -0.25) is 5.41 Å². The maximum absolute atomic E-state index is 13.2. The summed E-state index contributed by atoms with van der Waals surface area (Å²) >= 11 is 11.3. The van der Waals surface area contributed by atoms with Crippen LogP contribution in [0, 0.1) is 5.41 Å². The van der Waals surface area contributed by atoms with E-state index in [1.165, 1.54) is 12.1 Å². The van der Waals surface area contributed by atoms with Gasteiger partial charge in [0.2, 0.25) is 0 Å². The molecule has 0 spiro atoms. The Morgan fingerprint density at radius 1 is 1.36 bits per heavy atom. The van der Waals surface area contributed by atoms with Gasteiger partial charge in [0.05, 0.1) is 18.1 Å². The Morgan fingerprint density at radius 3 is 2.50 bits per heavy atom. The van der Waals surface area contributed by atoms with E-state index < -0.39 is 17.7 Å². The fourth-order valence-corrected chi connectivity index (χ4v) is 2.37. The van der Waals surface area contributed by atoms with Gasteiger partial charge in [-0.1, -0.05) is 17.7 Å². The van der Waals surface area contributed by atoms with Crippen molar-refractivity contribution in [1.29, 1.82) is 5.41 Å². The number of nitrogens with one attached hydrogen (secondary N) is 1. The molecule has 2 nitrogen and oxygen atoms in total. The quantitative estimate of drug-likeness (QED) is 0.373. The number of hydrogen-bond donors (Lipinski definition) is 1. The van der Waals surface area contributed by atoms with Crippen molar-refractivity contribution in [3.63, 3.8) is 0 Å². The third-order valence-electron chi connectivity index (χ3n) is 2.94. The van der Waals surface area contributed by atoms with E-state index in [9.17, 15) is 13.2 Å². The fraction of sp³-hybridized carbons (Fsp3) is 0.500. The van der Waals surface area contributed by atoms with Crippen LogP contribution in [0.5, 0.6) is 0 Å². The van der Waals surface area contributed by atoms with Crippen LogP contribution in [0.2, 0.25) is 5.02 Å². The van der Waals surface area contributed by atoms with Gasteiger partial charge in [0.1, 0.15) is 0 Å². The molecule has 0 amide bonds. The lowest BCUT2D eigenvalue weighted by Gasteiger charge is -2.22. The van der Waals surface area contributed by atoms with Gasteiger partial charge in [0.15, 0.2) is 5.90 Å². The van der Waals surface area contributed by atoms with Crippen LogP contribution in [0.15, 0.2) is 18.2 Å². The number of halogens is 6. The first-order chi connectivity index (χ1) is 9.81. The van der Waals surface area contributed by atoms with Crippen LogP contribution in [-0.2, 0) is 10.9 Å². The first-order valence-corrected chi connectivity index (χ1v) is 7.36. The molecule has 1 unspecified atom stereocenters. The standard InChI is InChI=1S/C14H16Cl2F3NO.ClH/c1-2-21-13(20)11(4-3-7-15)10-6-5-9(16)8-12(10)14(17,18)19;/h5-6,8,11,20H,2-4,7H2,1H3;1H. The first kappa shape index (κ1) is 21.4. The lowest BCUT2D eigenvalue weighted by Crippen LogP contribution is -2.20. The molecule has 0 aliphatic rings. The van der Waals surface area contributed by atoms with Gasteiger partial charge >= 0.3 is 6.18 Å². The van der Waals surface area contributed by atoms with Crippen LogP contribution in [0.25, 0.3) is 0 Å². The van der Waals surface area contributed by atoms with Crippen molar-refractivity contribution in [2.75, 3.05) is 12.5 Å². The van der Waals surface area contributed by atoms with Gasteiger partial charge in [-0.2, -0.15) is 13.2 Å². The second-order valence-electron chi connectivity index (χ2n) is 4.41. The maximum Gasteiger partial charge on any atom is 0.416 e. The summed E-state index contributed by atoms with van der Waals surface area (Å²) in [5.41, 5.74) is -0.838. The highest BCUT2D eigenvalue weighted by Gasteiger charge is 2.36. The van der Waals surface area contributed by atoms with Crippen LogP contribution in [0.4, 0.5) is 13.2 Å². The third kappa shape index (κ3) is 5.86. The van der Waals surface area contributed by atoms with Gasteiger partial charge in [0, 0.05) is 10.9 Å². The zero-order valence-electron chi connectivity index (χ0n) is 11.8. The van der Waals surface area contributed by atoms with E-state index in [0.717, 1.165) is 6.07 Å². The molecule has 0 fully saturated rings. The van der Waals surface area contributed by atoms with Crippen LogP contribution in [-0.4, -0.2) is 18.4 Å². The minimum atomic E-state index is -4.54. The van der Waals surface area contributed by atoms with E-state index in [2.05, 4.69) is 0 Å². The summed E-state index contributed by atoms with van der Waals surface area (Å²) < 4.78 is 44.6. The molecule has 0 saturated heterocycles. The second kappa shape index (κ2) is 9.48. The highest BCUT2D eigenvalue weighted by molar-refractivity contribution is 6.30. The van der Waals surface area contributed by atoms with Gasteiger partial charge in [-0.15, -0.1) is 24.0 Å². The van der Waals surface area contributed by atoms with Crippen molar-refractivity contribution in [3.05, 3.63) is 34.3 Å². The average Bonchev–Trinajstić information content (AvgIpc) is 2.39. The summed E-state index contributed by atoms with van der Waals surface area (Å²) in [5, 5.41) is 7.86. The molecule has 22 heavy (non-hydrogen) atoms. The summed E-state index contributed by atoms with van der Waals surface area (Å²) in [5.74, 6) is -0.654. The van der Waals surface area contributed by atoms with Gasteiger partial charge < -0.3 is 4.74 Å². The molecule has 1 rings (SSSR count). The van der Waals surface area contributed by atoms with E-state index in [4.69, 9.17) is 33.3 Å². The molecular weight excluding hydrogens is 362 g/mol. The van der Waals surface area contributed by atoms with Crippen LogP contribution in [0.1, 0.15) is 36.8 Å². The molecule has 0 aromatic heterocycles. The zero-order valence-corrected chi connectivity index (χ0v) is 14.2. The predicted octanol–water partition coefficient (Wildman–Crippen LogP) is 5.90. The molecule has 126 valence electrons. The number of alkyl halides is 4. The maximum atomic E-state index is 13.2. The SMILES string of the molecule is CCOC(=N)C(CCCCl)c1ccc(Cl)cc1C(F)(F)F.Cl. The summed E-state index contributed by atoms with van der Waals surface area (Å²) in [4.78, 5) is 0. The van der Waals surface area contributed by atoms with Crippen LogP contribution in [0.3, 0.4) is 0 Å². The monoisotopic (exact) mass is 377 g/mol. The minimum Gasteiger partial charge on any atom is -0.481 e. The van der Waals surface area contributed by atoms with E-state index in [-0.39, 0.29) is 35.5 Å². The van der Waals surface area contributed by atoms with Crippen LogP contribution < -0.4 is 0 Å². The highest BCUT2D eigenvalue weighted by Crippen LogP contribution is 2.38. The smallest absolute Gasteiger partial charge is 0.416 e. The average molecular weight is 379 g/mol. The Hall–Kier alpha value is -0.650. The molecule has 0 aliphatic carbocycles. The molecule has 1 aromatic carbocycles. The topological polar surface area (TPSA) is 33.1 Å². The molecule has 1 atom stereocenters. The lowest BCUT2D eigenvalue weighted by atomic mass is 9.90. The summed E-state index contributed by atoms with van der Waals surface area (Å²) in [6.07, 6.45) is -3.74.